The molecule has 0 saturated carbocycles. The summed E-state index contributed by atoms with van der Waals surface area (Å²) in [5, 5.41) is 3.53. The zero-order valence-electron chi connectivity index (χ0n) is 12.3. The van der Waals surface area contributed by atoms with E-state index in [4.69, 9.17) is 4.74 Å². The van der Waals surface area contributed by atoms with Gasteiger partial charge in [-0.15, -0.1) is 0 Å². The second kappa shape index (κ2) is 7.59. The van der Waals surface area contributed by atoms with Crippen LogP contribution in [-0.4, -0.2) is 12.6 Å². The first-order chi connectivity index (χ1) is 9.78. The minimum absolute atomic E-state index is 0.437. The first-order valence-corrected chi connectivity index (χ1v) is 7.31. The van der Waals surface area contributed by atoms with Crippen LogP contribution in [0.5, 0.6) is 5.75 Å². The molecule has 2 aromatic carbocycles. The van der Waals surface area contributed by atoms with Crippen LogP contribution in [0.1, 0.15) is 25.8 Å². The summed E-state index contributed by atoms with van der Waals surface area (Å²) in [5.74, 6) is 0.924. The Labute approximate surface area is 121 Å². The van der Waals surface area contributed by atoms with Crippen molar-refractivity contribution in [1.29, 1.82) is 0 Å². The van der Waals surface area contributed by atoms with Crippen molar-refractivity contribution in [2.45, 2.75) is 32.7 Å². The minimum Gasteiger partial charge on any atom is -0.494 e. The average Bonchev–Trinajstić information content (AvgIpc) is 2.47. The van der Waals surface area contributed by atoms with Crippen molar-refractivity contribution in [1.82, 2.24) is 0 Å². The van der Waals surface area contributed by atoms with Gasteiger partial charge in [-0.3, -0.25) is 0 Å². The smallest absolute Gasteiger partial charge is 0.121 e. The van der Waals surface area contributed by atoms with Crippen LogP contribution in [0.25, 0.3) is 0 Å². The van der Waals surface area contributed by atoms with E-state index in [2.05, 4.69) is 54.7 Å². The van der Waals surface area contributed by atoms with Crippen LogP contribution in [0.15, 0.2) is 54.6 Å². The molecule has 2 nitrogen and oxygen atoms in total. The van der Waals surface area contributed by atoms with Crippen molar-refractivity contribution in [3.8, 4) is 5.75 Å². The van der Waals surface area contributed by atoms with Crippen LogP contribution >= 0.6 is 0 Å². The summed E-state index contributed by atoms with van der Waals surface area (Å²) < 4.78 is 5.52. The molecule has 2 heteroatoms. The minimum atomic E-state index is 0.437. The molecule has 0 spiro atoms. The summed E-state index contributed by atoms with van der Waals surface area (Å²) >= 11 is 0. The van der Waals surface area contributed by atoms with Crippen LogP contribution in [0.4, 0.5) is 5.69 Å². The van der Waals surface area contributed by atoms with Gasteiger partial charge in [0.1, 0.15) is 5.75 Å². The Kier molecular flexibility index (Phi) is 5.48. The van der Waals surface area contributed by atoms with Gasteiger partial charge in [0, 0.05) is 17.8 Å². The molecule has 0 bridgehead atoms. The summed E-state index contributed by atoms with van der Waals surface area (Å²) in [5.41, 5.74) is 2.51. The van der Waals surface area contributed by atoms with Gasteiger partial charge in [-0.05, 0) is 44.4 Å². The highest BCUT2D eigenvalue weighted by molar-refractivity contribution is 5.48. The Hall–Kier alpha value is -1.96. The van der Waals surface area contributed by atoms with Crippen LogP contribution in [-0.2, 0) is 6.42 Å². The van der Waals surface area contributed by atoms with E-state index in [1.54, 1.807) is 0 Å². The zero-order valence-corrected chi connectivity index (χ0v) is 12.3. The number of rotatable bonds is 7. The quantitative estimate of drug-likeness (QED) is 0.798. The Morgan fingerprint density at radius 1 is 1.05 bits per heavy atom. The van der Waals surface area contributed by atoms with Crippen molar-refractivity contribution in [3.05, 3.63) is 60.2 Å². The van der Waals surface area contributed by atoms with E-state index in [0.717, 1.165) is 24.3 Å². The summed E-state index contributed by atoms with van der Waals surface area (Å²) in [6, 6.07) is 19.2. The van der Waals surface area contributed by atoms with Gasteiger partial charge in [0.25, 0.3) is 0 Å². The molecule has 0 aliphatic carbocycles. The molecule has 0 heterocycles. The van der Waals surface area contributed by atoms with E-state index in [1.807, 2.05) is 19.1 Å². The van der Waals surface area contributed by atoms with E-state index in [9.17, 15) is 0 Å². The summed E-state index contributed by atoms with van der Waals surface area (Å²) in [6.45, 7) is 4.92. The van der Waals surface area contributed by atoms with Crippen molar-refractivity contribution < 1.29 is 4.74 Å². The lowest BCUT2D eigenvalue weighted by Gasteiger charge is -2.16. The average molecular weight is 269 g/mol. The molecule has 2 aromatic rings. The number of aryl methyl sites for hydroxylation is 1. The van der Waals surface area contributed by atoms with Crippen LogP contribution < -0.4 is 10.1 Å². The summed E-state index contributed by atoms with van der Waals surface area (Å²) in [6.07, 6.45) is 2.21. The molecule has 20 heavy (non-hydrogen) atoms. The molecule has 1 N–H and O–H groups in total. The van der Waals surface area contributed by atoms with Gasteiger partial charge in [0.15, 0.2) is 0 Å². The standard InChI is InChI=1S/C18H23NO/c1-3-20-18-11-7-10-17(14-18)19-15(2)12-13-16-8-5-4-6-9-16/h4-11,14-15,19H,3,12-13H2,1-2H3. The molecule has 0 aromatic heterocycles. The number of hydrogen-bond acceptors (Lipinski definition) is 2. The molecular formula is C18H23NO. The fraction of sp³-hybridized carbons (Fsp3) is 0.333. The van der Waals surface area contributed by atoms with Gasteiger partial charge < -0.3 is 10.1 Å². The van der Waals surface area contributed by atoms with E-state index in [-0.39, 0.29) is 0 Å². The molecule has 106 valence electrons. The molecule has 0 saturated heterocycles. The topological polar surface area (TPSA) is 21.3 Å². The van der Waals surface area contributed by atoms with Gasteiger partial charge in [0.05, 0.1) is 6.61 Å². The molecule has 0 aliphatic rings. The van der Waals surface area contributed by atoms with Crippen molar-refractivity contribution >= 4 is 5.69 Å². The van der Waals surface area contributed by atoms with Crippen LogP contribution in [0, 0.1) is 0 Å². The van der Waals surface area contributed by atoms with Crippen molar-refractivity contribution in [2.75, 3.05) is 11.9 Å². The Bertz CT molecular complexity index is 510. The molecule has 0 amide bonds. The SMILES string of the molecule is CCOc1cccc(NC(C)CCc2ccccc2)c1. The van der Waals surface area contributed by atoms with Gasteiger partial charge in [-0.2, -0.15) is 0 Å². The third-order valence-corrected chi connectivity index (χ3v) is 3.27. The molecule has 0 radical (unpaired) electrons. The molecule has 1 unspecified atom stereocenters. The molecule has 1 atom stereocenters. The maximum atomic E-state index is 5.52. The third-order valence-electron chi connectivity index (χ3n) is 3.27. The number of benzene rings is 2. The maximum Gasteiger partial charge on any atom is 0.121 e. The van der Waals surface area contributed by atoms with Crippen molar-refractivity contribution in [3.63, 3.8) is 0 Å². The van der Waals surface area contributed by atoms with Crippen LogP contribution in [0.3, 0.4) is 0 Å². The lowest BCUT2D eigenvalue weighted by molar-refractivity contribution is 0.340. The normalized spacial score (nSPS) is 11.9. The Balaban J connectivity index is 1.84. The highest BCUT2D eigenvalue weighted by atomic mass is 16.5. The number of nitrogens with one attached hydrogen (secondary N) is 1. The summed E-state index contributed by atoms with van der Waals surface area (Å²) in [4.78, 5) is 0. The molecule has 2 rings (SSSR count). The number of ether oxygens (including phenoxy) is 1. The first kappa shape index (κ1) is 14.4. The van der Waals surface area contributed by atoms with Crippen molar-refractivity contribution in [2.24, 2.45) is 0 Å². The van der Waals surface area contributed by atoms with Crippen LogP contribution in [0.2, 0.25) is 0 Å². The molecular weight excluding hydrogens is 246 g/mol. The highest BCUT2D eigenvalue weighted by Crippen LogP contribution is 2.19. The molecule has 0 fully saturated rings. The van der Waals surface area contributed by atoms with Gasteiger partial charge in [0.2, 0.25) is 0 Å². The van der Waals surface area contributed by atoms with Gasteiger partial charge in [-0.1, -0.05) is 36.4 Å². The Morgan fingerprint density at radius 2 is 1.85 bits per heavy atom. The fourth-order valence-corrected chi connectivity index (χ4v) is 2.23. The monoisotopic (exact) mass is 269 g/mol. The number of hydrogen-bond donors (Lipinski definition) is 1. The van der Waals surface area contributed by atoms with E-state index < -0.39 is 0 Å². The molecule has 0 aliphatic heterocycles. The van der Waals surface area contributed by atoms with Gasteiger partial charge >= 0.3 is 0 Å². The van der Waals surface area contributed by atoms with Gasteiger partial charge in [-0.25, -0.2) is 0 Å². The largest absolute Gasteiger partial charge is 0.494 e. The second-order valence-corrected chi connectivity index (χ2v) is 5.03. The van der Waals surface area contributed by atoms with E-state index in [0.29, 0.717) is 12.6 Å². The lowest BCUT2D eigenvalue weighted by Crippen LogP contribution is -2.16. The predicted molar refractivity (Wildman–Crippen MR) is 85.5 cm³/mol. The maximum absolute atomic E-state index is 5.52. The predicted octanol–water partition coefficient (Wildman–Crippen LogP) is 4.52. The highest BCUT2D eigenvalue weighted by Gasteiger charge is 2.03. The van der Waals surface area contributed by atoms with E-state index >= 15 is 0 Å². The third kappa shape index (κ3) is 4.61. The fourth-order valence-electron chi connectivity index (χ4n) is 2.23. The second-order valence-electron chi connectivity index (χ2n) is 5.03. The van der Waals surface area contributed by atoms with E-state index in [1.165, 1.54) is 5.56 Å². The Morgan fingerprint density at radius 3 is 2.60 bits per heavy atom. The summed E-state index contributed by atoms with van der Waals surface area (Å²) in [7, 11) is 0. The number of anilines is 1. The first-order valence-electron chi connectivity index (χ1n) is 7.31. The zero-order chi connectivity index (χ0) is 14.2. The lowest BCUT2D eigenvalue weighted by atomic mass is 10.1.